The van der Waals surface area contributed by atoms with Crippen molar-refractivity contribution in [2.45, 2.75) is 45.7 Å². The van der Waals surface area contributed by atoms with Crippen LogP contribution in [0.1, 0.15) is 55.5 Å². The van der Waals surface area contributed by atoms with Crippen molar-refractivity contribution in [2.24, 2.45) is 5.84 Å². The molecule has 0 spiro atoms. The summed E-state index contributed by atoms with van der Waals surface area (Å²) < 4.78 is 5.91. The predicted octanol–water partition coefficient (Wildman–Crippen LogP) is 1.22. The number of rotatable bonds is 6. The fourth-order valence-electron chi connectivity index (χ4n) is 1.95. The average Bonchev–Trinajstić information content (AvgIpc) is 3.01. The molecule has 0 saturated heterocycles. The van der Waals surface area contributed by atoms with Gasteiger partial charge in [-0.25, -0.2) is 15.1 Å². The van der Waals surface area contributed by atoms with Crippen molar-refractivity contribution in [1.29, 1.82) is 0 Å². The first-order valence-corrected chi connectivity index (χ1v) is 7.12. The van der Waals surface area contributed by atoms with Gasteiger partial charge in [-0.3, -0.25) is 5.84 Å². The molecule has 0 aliphatic rings. The number of nitrogens with one attached hydrogen (secondary N) is 1. The zero-order chi connectivity index (χ0) is 13.8. The summed E-state index contributed by atoms with van der Waals surface area (Å²) >= 11 is 1.35. The molecule has 1 unspecified atom stereocenters. The number of nitrogens with zero attached hydrogens (tertiary/aromatic N) is 5. The van der Waals surface area contributed by atoms with Crippen molar-refractivity contribution < 1.29 is 0 Å². The minimum atomic E-state index is -0.216. The predicted molar refractivity (Wildman–Crippen MR) is 73.5 cm³/mol. The van der Waals surface area contributed by atoms with E-state index < -0.39 is 0 Å². The van der Waals surface area contributed by atoms with E-state index in [9.17, 15) is 0 Å². The molecule has 2 heterocycles. The monoisotopic (exact) mass is 281 g/mol. The van der Waals surface area contributed by atoms with Crippen molar-refractivity contribution in [3.05, 3.63) is 22.7 Å². The highest BCUT2D eigenvalue weighted by Crippen LogP contribution is 2.29. The molecule has 1 atom stereocenters. The highest BCUT2D eigenvalue weighted by molar-refractivity contribution is 7.05. The molecule has 0 radical (unpaired) electrons. The van der Waals surface area contributed by atoms with Gasteiger partial charge >= 0.3 is 0 Å². The fraction of sp³-hybridized carbons (Fsp3) is 0.636. The molecular weight excluding hydrogens is 262 g/mol. The zero-order valence-electron chi connectivity index (χ0n) is 11.4. The van der Waals surface area contributed by atoms with Crippen LogP contribution in [-0.4, -0.2) is 24.4 Å². The van der Waals surface area contributed by atoms with Gasteiger partial charge in [0, 0.05) is 6.54 Å². The lowest BCUT2D eigenvalue weighted by Gasteiger charge is -2.16. The van der Waals surface area contributed by atoms with Gasteiger partial charge in [0.25, 0.3) is 0 Å². The molecule has 0 fully saturated rings. The van der Waals surface area contributed by atoms with E-state index in [4.69, 9.17) is 5.84 Å². The first-order chi connectivity index (χ1) is 9.19. The number of nitrogens with two attached hydrogens (primary N) is 1. The summed E-state index contributed by atoms with van der Waals surface area (Å²) in [7, 11) is 0. The number of hydrogen-bond acceptors (Lipinski definition) is 7. The maximum atomic E-state index is 5.71. The topological polar surface area (TPSA) is 94.5 Å². The van der Waals surface area contributed by atoms with Gasteiger partial charge in [0.1, 0.15) is 12.4 Å². The van der Waals surface area contributed by atoms with Crippen LogP contribution in [0.4, 0.5) is 0 Å². The lowest BCUT2D eigenvalue weighted by molar-refractivity contribution is 0.511. The Morgan fingerprint density at radius 1 is 1.47 bits per heavy atom. The Morgan fingerprint density at radius 3 is 2.89 bits per heavy atom. The van der Waals surface area contributed by atoms with Gasteiger partial charge in [0.15, 0.2) is 5.82 Å². The van der Waals surface area contributed by atoms with Gasteiger partial charge in [-0.1, -0.05) is 25.3 Å². The van der Waals surface area contributed by atoms with Crippen molar-refractivity contribution in [3.8, 4) is 0 Å². The third-order valence-corrected chi connectivity index (χ3v) is 3.66. The third kappa shape index (κ3) is 2.80. The van der Waals surface area contributed by atoms with Gasteiger partial charge in [0.2, 0.25) is 0 Å². The molecule has 2 aromatic heterocycles. The summed E-state index contributed by atoms with van der Waals surface area (Å²) in [6, 6.07) is -0.216. The van der Waals surface area contributed by atoms with Gasteiger partial charge in [-0.05, 0) is 23.9 Å². The van der Waals surface area contributed by atoms with Crippen LogP contribution in [0.15, 0.2) is 6.33 Å². The van der Waals surface area contributed by atoms with Gasteiger partial charge in [0.05, 0.1) is 10.6 Å². The molecular formula is C11H19N7S. The van der Waals surface area contributed by atoms with Crippen LogP contribution in [0.25, 0.3) is 0 Å². The maximum absolute atomic E-state index is 5.71. The van der Waals surface area contributed by atoms with Crippen LogP contribution in [0.5, 0.6) is 0 Å². The summed E-state index contributed by atoms with van der Waals surface area (Å²) in [4.78, 5) is 5.33. The highest BCUT2D eigenvalue weighted by Gasteiger charge is 2.25. The van der Waals surface area contributed by atoms with E-state index in [1.807, 2.05) is 4.68 Å². The Hall–Kier alpha value is -1.38. The lowest BCUT2D eigenvalue weighted by atomic mass is 10.1. The van der Waals surface area contributed by atoms with Crippen molar-refractivity contribution in [1.82, 2.24) is 29.8 Å². The Balaban J connectivity index is 2.38. The molecule has 0 aromatic carbocycles. The van der Waals surface area contributed by atoms with Crippen molar-refractivity contribution >= 4 is 11.5 Å². The molecule has 2 aromatic rings. The largest absolute Gasteiger partial charge is 0.270 e. The Labute approximate surface area is 116 Å². The summed E-state index contributed by atoms with van der Waals surface area (Å²) in [5, 5.41) is 8.42. The Kier molecular flexibility index (Phi) is 4.56. The molecule has 8 heteroatoms. The SMILES string of the molecule is CCCn1ncnc1C(NN)c1snnc1C(C)C. The summed E-state index contributed by atoms with van der Waals surface area (Å²) in [5.41, 5.74) is 3.77. The third-order valence-electron chi connectivity index (χ3n) is 2.86. The molecule has 3 N–H and O–H groups in total. The molecule has 0 bridgehead atoms. The average molecular weight is 281 g/mol. The molecule has 0 saturated carbocycles. The second-order valence-corrected chi connectivity index (χ2v) is 5.40. The van der Waals surface area contributed by atoms with E-state index in [-0.39, 0.29) is 6.04 Å². The molecule has 0 aliphatic heterocycles. The van der Waals surface area contributed by atoms with E-state index in [1.54, 1.807) is 6.33 Å². The van der Waals surface area contributed by atoms with Gasteiger partial charge in [-0.2, -0.15) is 5.10 Å². The number of aryl methyl sites for hydroxylation is 1. The van der Waals surface area contributed by atoms with E-state index in [2.05, 4.69) is 45.9 Å². The minimum Gasteiger partial charge on any atom is -0.270 e. The van der Waals surface area contributed by atoms with E-state index in [0.717, 1.165) is 29.4 Å². The first kappa shape index (κ1) is 14.0. The van der Waals surface area contributed by atoms with Crippen molar-refractivity contribution in [2.75, 3.05) is 0 Å². The Morgan fingerprint density at radius 2 is 2.26 bits per heavy atom. The second kappa shape index (κ2) is 6.18. The van der Waals surface area contributed by atoms with Crippen LogP contribution in [0, 0.1) is 0 Å². The summed E-state index contributed by atoms with van der Waals surface area (Å²) in [5.74, 6) is 6.81. The fourth-order valence-corrected chi connectivity index (χ4v) is 2.82. The molecule has 19 heavy (non-hydrogen) atoms. The van der Waals surface area contributed by atoms with E-state index in [1.165, 1.54) is 11.5 Å². The van der Waals surface area contributed by atoms with Crippen LogP contribution >= 0.6 is 11.5 Å². The molecule has 104 valence electrons. The summed E-state index contributed by atoms with van der Waals surface area (Å²) in [6.45, 7) is 7.09. The summed E-state index contributed by atoms with van der Waals surface area (Å²) in [6.07, 6.45) is 2.55. The lowest BCUT2D eigenvalue weighted by Crippen LogP contribution is -2.31. The second-order valence-electron chi connectivity index (χ2n) is 4.62. The van der Waals surface area contributed by atoms with Gasteiger partial charge in [-0.15, -0.1) is 5.10 Å². The number of hydrogen-bond donors (Lipinski definition) is 2. The normalized spacial score (nSPS) is 13.1. The van der Waals surface area contributed by atoms with Crippen LogP contribution in [-0.2, 0) is 6.54 Å². The number of hydrazine groups is 1. The van der Waals surface area contributed by atoms with Gasteiger partial charge < -0.3 is 0 Å². The van der Waals surface area contributed by atoms with Crippen LogP contribution < -0.4 is 11.3 Å². The Bertz CT molecular complexity index is 519. The minimum absolute atomic E-state index is 0.216. The molecule has 2 rings (SSSR count). The maximum Gasteiger partial charge on any atom is 0.150 e. The molecule has 0 aliphatic carbocycles. The van der Waals surface area contributed by atoms with Crippen LogP contribution in [0.2, 0.25) is 0 Å². The standard InChI is InChI=1S/C11H19N7S/c1-4-5-18-11(13-6-14-18)9(15-12)10-8(7(2)3)16-17-19-10/h6-7,9,15H,4-5,12H2,1-3H3. The molecule has 0 amide bonds. The van der Waals surface area contributed by atoms with E-state index >= 15 is 0 Å². The van der Waals surface area contributed by atoms with E-state index in [0.29, 0.717) is 5.92 Å². The van der Waals surface area contributed by atoms with Crippen LogP contribution in [0.3, 0.4) is 0 Å². The highest BCUT2D eigenvalue weighted by atomic mass is 32.1. The molecule has 7 nitrogen and oxygen atoms in total. The quantitative estimate of drug-likeness (QED) is 0.610. The smallest absolute Gasteiger partial charge is 0.150 e. The van der Waals surface area contributed by atoms with Crippen molar-refractivity contribution in [3.63, 3.8) is 0 Å². The first-order valence-electron chi connectivity index (χ1n) is 6.35. The zero-order valence-corrected chi connectivity index (χ0v) is 12.2. The number of aromatic nitrogens is 5.